The van der Waals surface area contributed by atoms with Gasteiger partial charge in [0, 0.05) is 6.61 Å². The molecule has 72 valence electrons. The molecule has 0 radical (unpaired) electrons. The number of nitrogens with zero attached hydrogens (tertiary/aromatic N) is 1. The van der Waals surface area contributed by atoms with Crippen LogP contribution in [-0.4, -0.2) is 36.2 Å². The van der Waals surface area contributed by atoms with Gasteiger partial charge < -0.3 is 10.0 Å². The molecule has 1 fully saturated rings. The maximum atomic E-state index is 9.00. The Morgan fingerprint density at radius 2 is 2.00 bits per heavy atom. The van der Waals surface area contributed by atoms with E-state index in [1.807, 2.05) is 0 Å². The maximum Gasteiger partial charge on any atom is 0.0459 e. The van der Waals surface area contributed by atoms with Crippen molar-refractivity contribution in [2.75, 3.05) is 26.2 Å². The minimum absolute atomic E-state index is 0.358. The molecule has 1 aliphatic rings. The quantitative estimate of drug-likeness (QED) is 0.693. The molecular formula is C10H21NO. The number of piperidine rings is 1. The van der Waals surface area contributed by atoms with E-state index in [9.17, 15) is 0 Å². The summed E-state index contributed by atoms with van der Waals surface area (Å²) in [5, 5.41) is 9.00. The first-order chi connectivity index (χ1) is 5.77. The normalized spacial score (nSPS) is 24.2. The van der Waals surface area contributed by atoms with E-state index in [0.29, 0.717) is 12.5 Å². The van der Waals surface area contributed by atoms with Crippen molar-refractivity contribution in [2.24, 2.45) is 11.8 Å². The lowest BCUT2D eigenvalue weighted by Gasteiger charge is -2.33. The molecule has 0 aromatic heterocycles. The largest absolute Gasteiger partial charge is 0.396 e. The van der Waals surface area contributed by atoms with Gasteiger partial charge in [0.05, 0.1) is 0 Å². The molecule has 0 saturated carbocycles. The zero-order valence-corrected chi connectivity index (χ0v) is 8.29. The van der Waals surface area contributed by atoms with E-state index in [1.165, 1.54) is 32.5 Å². The summed E-state index contributed by atoms with van der Waals surface area (Å²) in [6.45, 7) is 8.37. The molecule has 0 aromatic rings. The lowest BCUT2D eigenvalue weighted by atomic mass is 9.86. The van der Waals surface area contributed by atoms with E-state index in [4.69, 9.17) is 5.11 Å². The van der Waals surface area contributed by atoms with Gasteiger partial charge in [0.15, 0.2) is 0 Å². The highest BCUT2D eigenvalue weighted by molar-refractivity contribution is 4.74. The standard InChI is InChI=1S/C10H21NO/c1-3-11-6-4-10(5-7-11)9(2)8-12/h9-10,12H,3-8H2,1-2H3. The summed E-state index contributed by atoms with van der Waals surface area (Å²) in [6.07, 6.45) is 2.55. The smallest absolute Gasteiger partial charge is 0.0459 e. The van der Waals surface area contributed by atoms with Gasteiger partial charge >= 0.3 is 0 Å². The molecule has 1 aliphatic heterocycles. The van der Waals surface area contributed by atoms with Crippen molar-refractivity contribution in [3.05, 3.63) is 0 Å². The number of rotatable bonds is 3. The van der Waals surface area contributed by atoms with Crippen LogP contribution in [0.4, 0.5) is 0 Å². The van der Waals surface area contributed by atoms with Crippen LogP contribution in [0.15, 0.2) is 0 Å². The molecule has 1 unspecified atom stereocenters. The number of hydrogen-bond acceptors (Lipinski definition) is 2. The van der Waals surface area contributed by atoms with E-state index >= 15 is 0 Å². The molecule has 1 atom stereocenters. The third-order valence-corrected chi connectivity index (χ3v) is 3.17. The molecule has 12 heavy (non-hydrogen) atoms. The van der Waals surface area contributed by atoms with E-state index in [1.54, 1.807) is 0 Å². The summed E-state index contributed by atoms with van der Waals surface area (Å²) in [5.74, 6) is 1.27. The zero-order chi connectivity index (χ0) is 8.97. The fourth-order valence-electron chi connectivity index (χ4n) is 1.99. The average molecular weight is 171 g/mol. The van der Waals surface area contributed by atoms with Gasteiger partial charge in [-0.05, 0) is 44.3 Å². The molecule has 0 bridgehead atoms. The molecule has 0 aromatic carbocycles. The van der Waals surface area contributed by atoms with Crippen molar-refractivity contribution in [3.8, 4) is 0 Å². The molecule has 2 heteroatoms. The third-order valence-electron chi connectivity index (χ3n) is 3.17. The molecule has 0 spiro atoms. The van der Waals surface area contributed by atoms with Crippen molar-refractivity contribution in [1.29, 1.82) is 0 Å². The average Bonchev–Trinajstić information content (AvgIpc) is 2.17. The Morgan fingerprint density at radius 1 is 1.42 bits per heavy atom. The van der Waals surface area contributed by atoms with E-state index in [-0.39, 0.29) is 0 Å². The minimum Gasteiger partial charge on any atom is -0.396 e. The molecule has 1 rings (SSSR count). The molecular weight excluding hydrogens is 150 g/mol. The van der Waals surface area contributed by atoms with E-state index in [2.05, 4.69) is 18.7 Å². The Morgan fingerprint density at radius 3 is 2.42 bits per heavy atom. The summed E-state index contributed by atoms with van der Waals surface area (Å²) in [7, 11) is 0. The molecule has 2 nitrogen and oxygen atoms in total. The molecule has 1 heterocycles. The highest BCUT2D eigenvalue weighted by Gasteiger charge is 2.22. The van der Waals surface area contributed by atoms with Crippen LogP contribution in [0, 0.1) is 11.8 Å². The second-order valence-corrected chi connectivity index (χ2v) is 3.93. The lowest BCUT2D eigenvalue weighted by molar-refractivity contribution is 0.119. The predicted octanol–water partition coefficient (Wildman–Crippen LogP) is 1.35. The fourth-order valence-corrected chi connectivity index (χ4v) is 1.99. The molecule has 0 aliphatic carbocycles. The van der Waals surface area contributed by atoms with Crippen LogP contribution in [0.5, 0.6) is 0 Å². The monoisotopic (exact) mass is 171 g/mol. The van der Waals surface area contributed by atoms with Crippen LogP contribution in [0.1, 0.15) is 26.7 Å². The van der Waals surface area contributed by atoms with Gasteiger partial charge in [0.2, 0.25) is 0 Å². The molecule has 1 N–H and O–H groups in total. The number of likely N-dealkylation sites (tertiary alicyclic amines) is 1. The van der Waals surface area contributed by atoms with Crippen LogP contribution < -0.4 is 0 Å². The summed E-state index contributed by atoms with van der Waals surface area (Å²) in [5.41, 5.74) is 0. The van der Waals surface area contributed by atoms with Crippen molar-refractivity contribution in [3.63, 3.8) is 0 Å². The number of hydrogen-bond donors (Lipinski definition) is 1. The molecule has 1 saturated heterocycles. The van der Waals surface area contributed by atoms with Crippen LogP contribution >= 0.6 is 0 Å². The Labute approximate surface area is 75.6 Å². The predicted molar refractivity (Wildman–Crippen MR) is 51.1 cm³/mol. The van der Waals surface area contributed by atoms with Gasteiger partial charge in [-0.3, -0.25) is 0 Å². The van der Waals surface area contributed by atoms with Crippen LogP contribution in [0.2, 0.25) is 0 Å². The summed E-state index contributed by atoms with van der Waals surface area (Å²) in [4.78, 5) is 2.49. The summed E-state index contributed by atoms with van der Waals surface area (Å²) in [6, 6.07) is 0. The first-order valence-electron chi connectivity index (χ1n) is 5.11. The number of aliphatic hydroxyl groups is 1. The maximum absolute atomic E-state index is 9.00. The minimum atomic E-state index is 0.358. The van der Waals surface area contributed by atoms with Gasteiger partial charge in [-0.25, -0.2) is 0 Å². The fraction of sp³-hybridized carbons (Fsp3) is 1.00. The summed E-state index contributed by atoms with van der Waals surface area (Å²) >= 11 is 0. The second kappa shape index (κ2) is 4.83. The number of aliphatic hydroxyl groups excluding tert-OH is 1. The van der Waals surface area contributed by atoms with Crippen molar-refractivity contribution in [2.45, 2.75) is 26.7 Å². The van der Waals surface area contributed by atoms with Gasteiger partial charge in [-0.15, -0.1) is 0 Å². The highest BCUT2D eigenvalue weighted by atomic mass is 16.3. The van der Waals surface area contributed by atoms with Gasteiger partial charge in [0.25, 0.3) is 0 Å². The Bertz CT molecular complexity index is 119. The Kier molecular flexibility index (Phi) is 4.02. The Balaban J connectivity index is 2.25. The van der Waals surface area contributed by atoms with Gasteiger partial charge in [0.1, 0.15) is 0 Å². The lowest BCUT2D eigenvalue weighted by Crippen LogP contribution is -2.36. The highest BCUT2D eigenvalue weighted by Crippen LogP contribution is 2.24. The SMILES string of the molecule is CCN1CCC(C(C)CO)CC1. The summed E-state index contributed by atoms with van der Waals surface area (Å²) < 4.78 is 0. The van der Waals surface area contributed by atoms with Crippen LogP contribution in [0.25, 0.3) is 0 Å². The second-order valence-electron chi connectivity index (χ2n) is 3.93. The Hall–Kier alpha value is -0.0800. The van der Waals surface area contributed by atoms with Crippen LogP contribution in [0.3, 0.4) is 0 Å². The zero-order valence-electron chi connectivity index (χ0n) is 8.29. The van der Waals surface area contributed by atoms with Crippen molar-refractivity contribution in [1.82, 2.24) is 4.90 Å². The first-order valence-corrected chi connectivity index (χ1v) is 5.11. The van der Waals surface area contributed by atoms with Crippen molar-refractivity contribution >= 4 is 0 Å². The van der Waals surface area contributed by atoms with Gasteiger partial charge in [-0.1, -0.05) is 13.8 Å². The van der Waals surface area contributed by atoms with Gasteiger partial charge in [-0.2, -0.15) is 0 Å². The third kappa shape index (κ3) is 2.46. The van der Waals surface area contributed by atoms with E-state index < -0.39 is 0 Å². The van der Waals surface area contributed by atoms with Crippen molar-refractivity contribution < 1.29 is 5.11 Å². The first kappa shape index (κ1) is 10.0. The molecule has 0 amide bonds. The topological polar surface area (TPSA) is 23.5 Å². The van der Waals surface area contributed by atoms with E-state index in [0.717, 1.165) is 5.92 Å². The van der Waals surface area contributed by atoms with Crippen LogP contribution in [-0.2, 0) is 0 Å².